The van der Waals surface area contributed by atoms with E-state index in [2.05, 4.69) is 5.32 Å². The molecule has 0 saturated heterocycles. The Balaban J connectivity index is 2.26. The van der Waals surface area contributed by atoms with E-state index < -0.39 is 0 Å². The van der Waals surface area contributed by atoms with Gasteiger partial charge in [-0.2, -0.15) is 0 Å². The molecule has 1 fully saturated rings. The van der Waals surface area contributed by atoms with Crippen LogP contribution in [0.2, 0.25) is 0 Å². The molecule has 1 saturated carbocycles. The molecular formula is C12H22N2O2. The Labute approximate surface area is 97.4 Å². The van der Waals surface area contributed by atoms with E-state index in [0.717, 1.165) is 12.8 Å². The van der Waals surface area contributed by atoms with Crippen LogP contribution in [0.15, 0.2) is 0 Å². The number of nitrogens with one attached hydrogen (secondary N) is 1. The van der Waals surface area contributed by atoms with Crippen molar-refractivity contribution in [1.82, 2.24) is 10.2 Å². The number of amides is 2. The van der Waals surface area contributed by atoms with Gasteiger partial charge in [-0.1, -0.05) is 19.3 Å². The predicted molar refractivity (Wildman–Crippen MR) is 63.3 cm³/mol. The van der Waals surface area contributed by atoms with Crippen LogP contribution in [0.1, 0.15) is 45.4 Å². The third-order valence-corrected chi connectivity index (χ3v) is 3.20. The average molecular weight is 226 g/mol. The van der Waals surface area contributed by atoms with Gasteiger partial charge in [0.25, 0.3) is 0 Å². The maximum atomic E-state index is 11.7. The fourth-order valence-corrected chi connectivity index (χ4v) is 2.10. The molecule has 0 heterocycles. The molecule has 4 heteroatoms. The van der Waals surface area contributed by atoms with Gasteiger partial charge in [-0.3, -0.25) is 4.79 Å². The number of hydrogen-bond acceptors (Lipinski definition) is 2. The molecule has 16 heavy (non-hydrogen) atoms. The molecule has 0 spiro atoms. The van der Waals surface area contributed by atoms with E-state index in [4.69, 9.17) is 0 Å². The zero-order valence-corrected chi connectivity index (χ0v) is 10.3. The first kappa shape index (κ1) is 13.0. The lowest BCUT2D eigenvalue weighted by atomic mass is 9.95. The maximum absolute atomic E-state index is 11.7. The van der Waals surface area contributed by atoms with Crippen LogP contribution < -0.4 is 5.32 Å². The van der Waals surface area contributed by atoms with E-state index in [9.17, 15) is 9.59 Å². The first-order valence-corrected chi connectivity index (χ1v) is 6.11. The Morgan fingerprint density at radius 3 is 2.44 bits per heavy atom. The summed E-state index contributed by atoms with van der Waals surface area (Å²) in [4.78, 5) is 24.3. The van der Waals surface area contributed by atoms with Gasteiger partial charge in [0.2, 0.25) is 0 Å². The molecule has 0 atom stereocenters. The van der Waals surface area contributed by atoms with Crippen molar-refractivity contribution in [3.8, 4) is 0 Å². The first-order valence-electron chi connectivity index (χ1n) is 6.11. The summed E-state index contributed by atoms with van der Waals surface area (Å²) in [5.41, 5.74) is 0. The molecule has 1 aliphatic rings. The molecule has 0 bridgehead atoms. The largest absolute Gasteiger partial charge is 0.338 e. The monoisotopic (exact) mass is 226 g/mol. The molecule has 0 aromatic heterocycles. The molecule has 92 valence electrons. The highest BCUT2D eigenvalue weighted by Gasteiger charge is 2.21. The van der Waals surface area contributed by atoms with Crippen LogP contribution in [0.5, 0.6) is 0 Å². The molecule has 0 unspecified atom stereocenters. The number of ketones is 1. The highest BCUT2D eigenvalue weighted by atomic mass is 16.2. The van der Waals surface area contributed by atoms with Crippen LogP contribution >= 0.6 is 0 Å². The van der Waals surface area contributed by atoms with Crippen LogP contribution in [0, 0.1) is 0 Å². The maximum Gasteiger partial charge on any atom is 0.317 e. The highest BCUT2D eigenvalue weighted by Crippen LogP contribution is 2.21. The van der Waals surface area contributed by atoms with Crippen molar-refractivity contribution >= 4 is 11.8 Å². The Bertz CT molecular complexity index is 247. The van der Waals surface area contributed by atoms with Gasteiger partial charge in [0, 0.05) is 26.1 Å². The molecule has 0 aromatic rings. The van der Waals surface area contributed by atoms with Gasteiger partial charge in [-0.05, 0) is 19.8 Å². The lowest BCUT2D eigenvalue weighted by Crippen LogP contribution is -2.44. The summed E-state index contributed by atoms with van der Waals surface area (Å²) in [7, 11) is 1.85. The minimum absolute atomic E-state index is 0.0480. The smallest absolute Gasteiger partial charge is 0.317 e. The standard InChI is InChI=1S/C12H22N2O2/c1-10(15)8-9-13-12(16)14(2)11-6-4-3-5-7-11/h11H,3-9H2,1-2H3,(H,13,16). The van der Waals surface area contributed by atoms with Gasteiger partial charge in [-0.25, -0.2) is 4.79 Å². The molecule has 0 aromatic carbocycles. The van der Waals surface area contributed by atoms with Crippen molar-refractivity contribution in [2.45, 2.75) is 51.5 Å². The SMILES string of the molecule is CC(=O)CCNC(=O)N(C)C1CCCCC1. The van der Waals surface area contributed by atoms with Crippen molar-refractivity contribution in [3.63, 3.8) is 0 Å². The van der Waals surface area contributed by atoms with Crippen LogP contribution in [0.4, 0.5) is 4.79 Å². The van der Waals surface area contributed by atoms with E-state index in [0.29, 0.717) is 19.0 Å². The molecule has 2 amide bonds. The molecule has 1 rings (SSSR count). The van der Waals surface area contributed by atoms with Crippen molar-refractivity contribution in [2.24, 2.45) is 0 Å². The van der Waals surface area contributed by atoms with Gasteiger partial charge in [-0.15, -0.1) is 0 Å². The first-order chi connectivity index (χ1) is 7.61. The molecule has 4 nitrogen and oxygen atoms in total. The molecule has 0 radical (unpaired) electrons. The number of Topliss-reactive ketones (excluding diaryl/α,β-unsaturated/α-hetero) is 1. The Hall–Kier alpha value is -1.06. The third-order valence-electron chi connectivity index (χ3n) is 3.20. The van der Waals surface area contributed by atoms with Gasteiger partial charge >= 0.3 is 6.03 Å². The Morgan fingerprint density at radius 2 is 1.88 bits per heavy atom. The summed E-state index contributed by atoms with van der Waals surface area (Å²) < 4.78 is 0. The number of rotatable bonds is 4. The Kier molecular flexibility index (Phi) is 5.29. The van der Waals surface area contributed by atoms with E-state index in [1.165, 1.54) is 26.2 Å². The lowest BCUT2D eigenvalue weighted by Gasteiger charge is -2.31. The summed E-state index contributed by atoms with van der Waals surface area (Å²) in [6.07, 6.45) is 6.36. The zero-order valence-electron chi connectivity index (χ0n) is 10.3. The van der Waals surface area contributed by atoms with Crippen LogP contribution in [0.3, 0.4) is 0 Å². The fraction of sp³-hybridized carbons (Fsp3) is 0.833. The Morgan fingerprint density at radius 1 is 1.25 bits per heavy atom. The number of carbonyl (C=O) groups excluding carboxylic acids is 2. The van der Waals surface area contributed by atoms with Gasteiger partial charge in [0.1, 0.15) is 5.78 Å². The number of hydrogen-bond donors (Lipinski definition) is 1. The predicted octanol–water partition coefficient (Wildman–Crippen LogP) is 1.94. The van der Waals surface area contributed by atoms with E-state index in [1.54, 1.807) is 4.90 Å². The van der Waals surface area contributed by atoms with E-state index in [-0.39, 0.29) is 11.8 Å². The van der Waals surface area contributed by atoms with Gasteiger partial charge in [0.05, 0.1) is 0 Å². The summed E-state index contributed by atoms with van der Waals surface area (Å²) in [5, 5.41) is 2.78. The quantitative estimate of drug-likeness (QED) is 0.796. The topological polar surface area (TPSA) is 49.4 Å². The zero-order chi connectivity index (χ0) is 12.0. The molecule has 1 aliphatic carbocycles. The highest BCUT2D eigenvalue weighted by molar-refractivity contribution is 5.77. The minimum atomic E-state index is -0.0480. The van der Waals surface area contributed by atoms with Gasteiger partial charge in [0.15, 0.2) is 0 Å². The van der Waals surface area contributed by atoms with Crippen molar-refractivity contribution in [1.29, 1.82) is 0 Å². The number of carbonyl (C=O) groups is 2. The second kappa shape index (κ2) is 6.51. The fourth-order valence-electron chi connectivity index (χ4n) is 2.10. The lowest BCUT2D eigenvalue weighted by molar-refractivity contribution is -0.116. The normalized spacial score (nSPS) is 16.9. The minimum Gasteiger partial charge on any atom is -0.338 e. The van der Waals surface area contributed by atoms with Crippen molar-refractivity contribution in [3.05, 3.63) is 0 Å². The summed E-state index contributed by atoms with van der Waals surface area (Å²) in [6.45, 7) is 1.99. The van der Waals surface area contributed by atoms with Crippen molar-refractivity contribution < 1.29 is 9.59 Å². The molecular weight excluding hydrogens is 204 g/mol. The number of nitrogens with zero attached hydrogens (tertiary/aromatic N) is 1. The van der Waals surface area contributed by atoms with Crippen LogP contribution in [-0.4, -0.2) is 36.3 Å². The van der Waals surface area contributed by atoms with Crippen molar-refractivity contribution in [2.75, 3.05) is 13.6 Å². The van der Waals surface area contributed by atoms with Crippen LogP contribution in [-0.2, 0) is 4.79 Å². The number of urea groups is 1. The average Bonchev–Trinajstić information content (AvgIpc) is 2.28. The van der Waals surface area contributed by atoms with E-state index >= 15 is 0 Å². The summed E-state index contributed by atoms with van der Waals surface area (Å²) in [6, 6.07) is 0.333. The molecule has 0 aliphatic heterocycles. The van der Waals surface area contributed by atoms with E-state index in [1.807, 2.05) is 7.05 Å². The third kappa shape index (κ3) is 4.21. The molecule has 1 N–H and O–H groups in total. The summed E-state index contributed by atoms with van der Waals surface area (Å²) in [5.74, 6) is 0.112. The van der Waals surface area contributed by atoms with Crippen LogP contribution in [0.25, 0.3) is 0 Å². The second-order valence-electron chi connectivity index (χ2n) is 4.59. The second-order valence-corrected chi connectivity index (χ2v) is 4.59. The summed E-state index contributed by atoms with van der Waals surface area (Å²) >= 11 is 0. The van der Waals surface area contributed by atoms with Gasteiger partial charge < -0.3 is 10.2 Å².